The minimum atomic E-state index is -2.93. The van der Waals surface area contributed by atoms with E-state index < -0.39 is 6.61 Å². The Hall–Kier alpha value is -3.79. The van der Waals surface area contributed by atoms with E-state index in [4.69, 9.17) is 9.47 Å². The van der Waals surface area contributed by atoms with Gasteiger partial charge < -0.3 is 14.8 Å². The highest BCUT2D eigenvalue weighted by molar-refractivity contribution is 5.84. The summed E-state index contributed by atoms with van der Waals surface area (Å²) in [4.78, 5) is 21.8. The van der Waals surface area contributed by atoms with E-state index in [2.05, 4.69) is 15.3 Å². The van der Waals surface area contributed by atoms with Gasteiger partial charge in [-0.05, 0) is 36.6 Å². The van der Waals surface area contributed by atoms with E-state index in [9.17, 15) is 13.6 Å². The maximum absolute atomic E-state index is 13.0. The standard InChI is InChI=1S/C25H25F2N5O3/c1-34-12-4-10-28-25-29-14-17(15-30-25)16-7-8-19-21(13-16)32-20(9-11-31(32)23(19)33)18-5-2-3-6-22(18)35-24(26)27/h2-3,5-8,13-15,20,24H,4,9-12H2,1H3,(H,28,29,30)/t20-/m1/s1. The van der Waals surface area contributed by atoms with Crippen molar-refractivity contribution in [3.05, 3.63) is 70.8 Å². The monoisotopic (exact) mass is 481 g/mol. The molecular formula is C25H25F2N5O3. The average molecular weight is 482 g/mol. The zero-order valence-electron chi connectivity index (χ0n) is 19.2. The molecule has 1 aliphatic rings. The number of halogens is 2. The van der Waals surface area contributed by atoms with E-state index in [0.717, 1.165) is 23.1 Å². The smallest absolute Gasteiger partial charge is 0.387 e. The van der Waals surface area contributed by atoms with Crippen LogP contribution in [0.25, 0.3) is 22.0 Å². The molecule has 0 saturated carbocycles. The topological polar surface area (TPSA) is 83.2 Å². The molecule has 1 aliphatic heterocycles. The number of nitrogens with one attached hydrogen (secondary N) is 1. The zero-order valence-corrected chi connectivity index (χ0v) is 19.2. The van der Waals surface area contributed by atoms with Gasteiger partial charge >= 0.3 is 6.61 Å². The lowest BCUT2D eigenvalue weighted by Gasteiger charge is -2.18. The maximum atomic E-state index is 13.0. The summed E-state index contributed by atoms with van der Waals surface area (Å²) >= 11 is 0. The minimum absolute atomic E-state index is 0.104. The molecule has 0 spiro atoms. The molecule has 4 aromatic rings. The number of benzene rings is 2. The Kier molecular flexibility index (Phi) is 6.45. The molecule has 1 atom stereocenters. The van der Waals surface area contributed by atoms with Crippen molar-refractivity contribution < 1.29 is 18.3 Å². The second-order valence-corrected chi connectivity index (χ2v) is 8.29. The number of hydrogen-bond donors (Lipinski definition) is 1. The number of ether oxygens (including phenoxy) is 2. The Morgan fingerprint density at radius 1 is 1.14 bits per heavy atom. The molecule has 1 N–H and O–H groups in total. The van der Waals surface area contributed by atoms with Crippen molar-refractivity contribution in [1.29, 1.82) is 0 Å². The molecule has 2 aromatic carbocycles. The number of para-hydroxylation sites is 1. The number of rotatable bonds is 9. The molecule has 0 saturated heterocycles. The lowest BCUT2D eigenvalue weighted by Crippen LogP contribution is -2.18. The average Bonchev–Trinajstić information content (AvgIpc) is 3.42. The number of alkyl halides is 2. The van der Waals surface area contributed by atoms with Gasteiger partial charge in [0.05, 0.1) is 16.9 Å². The number of nitrogens with zero attached hydrogens (tertiary/aromatic N) is 4. The van der Waals surface area contributed by atoms with Crippen LogP contribution in [0, 0.1) is 0 Å². The van der Waals surface area contributed by atoms with Crippen molar-refractivity contribution in [2.24, 2.45) is 0 Å². The minimum Gasteiger partial charge on any atom is -0.434 e. The van der Waals surface area contributed by atoms with Crippen molar-refractivity contribution in [2.45, 2.75) is 32.0 Å². The molecule has 5 rings (SSSR count). The quantitative estimate of drug-likeness (QED) is 0.359. The Morgan fingerprint density at radius 2 is 1.94 bits per heavy atom. The Bertz CT molecular complexity index is 1380. The van der Waals surface area contributed by atoms with Gasteiger partial charge in [-0.15, -0.1) is 0 Å². The predicted octanol–water partition coefficient (Wildman–Crippen LogP) is 4.30. The third kappa shape index (κ3) is 4.49. The van der Waals surface area contributed by atoms with Crippen molar-refractivity contribution in [1.82, 2.24) is 19.3 Å². The molecule has 0 bridgehead atoms. The van der Waals surface area contributed by atoms with E-state index in [0.29, 0.717) is 43.0 Å². The van der Waals surface area contributed by atoms with Gasteiger partial charge in [0, 0.05) is 50.3 Å². The lowest BCUT2D eigenvalue weighted by molar-refractivity contribution is -0.0507. The number of methoxy groups -OCH3 is 1. The highest BCUT2D eigenvalue weighted by atomic mass is 19.3. The molecule has 0 unspecified atom stereocenters. The normalized spacial score (nSPS) is 15.0. The van der Waals surface area contributed by atoms with Crippen LogP contribution in [0.5, 0.6) is 5.75 Å². The van der Waals surface area contributed by atoms with Gasteiger partial charge in [-0.2, -0.15) is 8.78 Å². The zero-order chi connectivity index (χ0) is 24.4. The van der Waals surface area contributed by atoms with Gasteiger partial charge in [-0.25, -0.2) is 14.6 Å². The lowest BCUT2D eigenvalue weighted by atomic mass is 10.0. The van der Waals surface area contributed by atoms with Crippen LogP contribution >= 0.6 is 0 Å². The molecule has 0 aliphatic carbocycles. The fourth-order valence-electron chi connectivity index (χ4n) is 4.59. The fourth-order valence-corrected chi connectivity index (χ4v) is 4.59. The second-order valence-electron chi connectivity index (χ2n) is 8.29. The van der Waals surface area contributed by atoms with Gasteiger partial charge in [0.15, 0.2) is 0 Å². The predicted molar refractivity (Wildman–Crippen MR) is 128 cm³/mol. The van der Waals surface area contributed by atoms with Crippen LogP contribution in [0.3, 0.4) is 0 Å². The van der Waals surface area contributed by atoms with Crippen LogP contribution in [0.1, 0.15) is 24.4 Å². The second kappa shape index (κ2) is 9.83. The Labute approximate surface area is 200 Å². The molecule has 8 nitrogen and oxygen atoms in total. The van der Waals surface area contributed by atoms with Crippen LogP contribution < -0.4 is 15.6 Å². The summed E-state index contributed by atoms with van der Waals surface area (Å²) in [7, 11) is 1.66. The van der Waals surface area contributed by atoms with Gasteiger partial charge in [-0.3, -0.25) is 9.48 Å². The number of aromatic nitrogens is 4. The van der Waals surface area contributed by atoms with E-state index in [1.165, 1.54) is 6.07 Å². The Balaban J connectivity index is 1.49. The Morgan fingerprint density at radius 3 is 2.71 bits per heavy atom. The van der Waals surface area contributed by atoms with E-state index in [1.807, 2.05) is 16.8 Å². The van der Waals surface area contributed by atoms with Crippen LogP contribution in [0.15, 0.2) is 59.7 Å². The molecule has 10 heteroatoms. The first-order valence-corrected chi connectivity index (χ1v) is 11.4. The van der Waals surface area contributed by atoms with Gasteiger partial charge in [0.1, 0.15) is 5.75 Å². The van der Waals surface area contributed by atoms with Gasteiger partial charge in [0.2, 0.25) is 5.95 Å². The van der Waals surface area contributed by atoms with Crippen LogP contribution in [0.2, 0.25) is 0 Å². The van der Waals surface area contributed by atoms with Crippen LogP contribution in [0.4, 0.5) is 14.7 Å². The third-order valence-corrected chi connectivity index (χ3v) is 6.17. The summed E-state index contributed by atoms with van der Waals surface area (Å²) in [6.45, 7) is -1.07. The summed E-state index contributed by atoms with van der Waals surface area (Å²) in [5, 5.41) is 3.72. The fraction of sp³-hybridized carbons (Fsp3) is 0.320. The van der Waals surface area contributed by atoms with Crippen molar-refractivity contribution in [2.75, 3.05) is 25.6 Å². The third-order valence-electron chi connectivity index (χ3n) is 6.17. The summed E-state index contributed by atoms with van der Waals surface area (Å²) in [5.41, 5.74) is 2.90. The summed E-state index contributed by atoms with van der Waals surface area (Å²) < 4.78 is 39.4. The number of anilines is 1. The molecule has 0 amide bonds. The molecule has 182 valence electrons. The van der Waals surface area contributed by atoms with Crippen LogP contribution in [-0.4, -0.2) is 46.2 Å². The summed E-state index contributed by atoms with van der Waals surface area (Å²) in [5.74, 6) is 0.649. The molecule has 0 radical (unpaired) electrons. The van der Waals surface area contributed by atoms with E-state index >= 15 is 0 Å². The maximum Gasteiger partial charge on any atom is 0.387 e. The van der Waals surface area contributed by atoms with Gasteiger partial charge in [0.25, 0.3) is 5.56 Å². The highest BCUT2D eigenvalue weighted by Gasteiger charge is 2.30. The molecule has 2 aromatic heterocycles. The SMILES string of the molecule is COCCCNc1ncc(-c2ccc3c(=O)n4n(c3c2)[C@@H](c2ccccc2OC(F)F)CC4)cn1. The van der Waals surface area contributed by atoms with Gasteiger partial charge in [-0.1, -0.05) is 24.3 Å². The summed E-state index contributed by atoms with van der Waals surface area (Å²) in [6, 6.07) is 12.0. The number of fused-ring (bicyclic) bond motifs is 3. The first-order valence-electron chi connectivity index (χ1n) is 11.4. The largest absolute Gasteiger partial charge is 0.434 e. The van der Waals surface area contributed by atoms with Crippen molar-refractivity contribution in [3.63, 3.8) is 0 Å². The van der Waals surface area contributed by atoms with E-state index in [1.54, 1.807) is 48.5 Å². The first-order chi connectivity index (χ1) is 17.1. The number of hydrogen-bond acceptors (Lipinski definition) is 6. The molecule has 0 fully saturated rings. The molecule has 3 heterocycles. The van der Waals surface area contributed by atoms with Crippen molar-refractivity contribution in [3.8, 4) is 16.9 Å². The first kappa shape index (κ1) is 23.0. The molecular weight excluding hydrogens is 456 g/mol. The molecule has 35 heavy (non-hydrogen) atoms. The van der Waals surface area contributed by atoms with Crippen LogP contribution in [-0.2, 0) is 11.3 Å². The highest BCUT2D eigenvalue weighted by Crippen LogP contribution is 2.37. The van der Waals surface area contributed by atoms with E-state index in [-0.39, 0.29) is 17.4 Å². The summed E-state index contributed by atoms with van der Waals surface area (Å²) in [6.07, 6.45) is 4.91. The van der Waals surface area contributed by atoms with Crippen molar-refractivity contribution >= 4 is 16.9 Å².